The van der Waals surface area contributed by atoms with Crippen molar-refractivity contribution >= 4 is 12.1 Å². The summed E-state index contributed by atoms with van der Waals surface area (Å²) in [5, 5.41) is 0. The average molecular weight is 372 g/mol. The standard InChI is InChI=1S/C22H28O5/c1-4-6-7-8-9-17-15-20(27-22(24)26-5-2)19-13-11-16(10-12-18(17)19)14-21(23)25-3/h10-13,15H,4-9,14H2,1-3H3. The van der Waals surface area contributed by atoms with E-state index in [-0.39, 0.29) is 19.0 Å². The minimum absolute atomic E-state index is 0.202. The Labute approximate surface area is 161 Å². The molecular formula is C22H28O5. The number of unbranched alkanes of at least 4 members (excludes halogenated alkanes) is 3. The van der Waals surface area contributed by atoms with Crippen LogP contribution in [-0.2, 0) is 27.1 Å². The van der Waals surface area contributed by atoms with Crippen LogP contribution in [0, 0.1) is 0 Å². The third kappa shape index (κ3) is 5.98. The van der Waals surface area contributed by atoms with Crippen molar-refractivity contribution in [3.8, 4) is 16.9 Å². The summed E-state index contributed by atoms with van der Waals surface area (Å²) in [6.07, 6.45) is 5.06. The monoisotopic (exact) mass is 372 g/mol. The van der Waals surface area contributed by atoms with Gasteiger partial charge < -0.3 is 14.2 Å². The number of ether oxygens (including phenoxy) is 3. The Kier molecular flexibility index (Phi) is 8.11. The van der Waals surface area contributed by atoms with Crippen molar-refractivity contribution < 1.29 is 23.8 Å². The summed E-state index contributed by atoms with van der Waals surface area (Å²) in [7, 11) is 1.38. The van der Waals surface area contributed by atoms with Gasteiger partial charge in [-0.2, -0.15) is 0 Å². The molecule has 5 heteroatoms. The lowest BCUT2D eigenvalue weighted by atomic mass is 10.0. The SMILES string of the molecule is CCCCCCc1cc(OC(=O)OCC)c2ccc(CC(=O)OC)ccc1-2. The maximum absolute atomic E-state index is 11.8. The smallest absolute Gasteiger partial charge is 0.469 e. The van der Waals surface area contributed by atoms with Crippen LogP contribution in [0.15, 0.2) is 30.3 Å². The number of carbonyl (C=O) groups is 2. The van der Waals surface area contributed by atoms with E-state index in [9.17, 15) is 9.59 Å². The Bertz CT molecular complexity index is 738. The zero-order valence-electron chi connectivity index (χ0n) is 16.4. The van der Waals surface area contributed by atoms with Crippen molar-refractivity contribution in [2.45, 2.75) is 52.4 Å². The number of fused-ring (bicyclic) bond motifs is 1. The van der Waals surface area contributed by atoms with Crippen LogP contribution in [0.1, 0.15) is 50.7 Å². The molecule has 0 N–H and O–H groups in total. The predicted molar refractivity (Wildman–Crippen MR) is 104 cm³/mol. The van der Waals surface area contributed by atoms with E-state index in [1.165, 1.54) is 26.4 Å². The van der Waals surface area contributed by atoms with E-state index < -0.39 is 6.16 Å². The molecule has 146 valence electrons. The topological polar surface area (TPSA) is 61.8 Å². The van der Waals surface area contributed by atoms with Gasteiger partial charge in [0.1, 0.15) is 5.75 Å². The van der Waals surface area contributed by atoms with Crippen LogP contribution in [0.3, 0.4) is 0 Å². The Balaban J connectivity index is 2.32. The van der Waals surface area contributed by atoms with Gasteiger partial charge in [-0.05, 0) is 42.5 Å². The summed E-state index contributed by atoms with van der Waals surface area (Å²) in [6, 6.07) is 9.58. The summed E-state index contributed by atoms with van der Waals surface area (Å²) < 4.78 is 15.1. The second kappa shape index (κ2) is 10.6. The fourth-order valence-corrected chi connectivity index (χ4v) is 3.05. The molecule has 0 fully saturated rings. The number of hydrogen-bond acceptors (Lipinski definition) is 5. The Morgan fingerprint density at radius 2 is 1.70 bits per heavy atom. The summed E-state index contributed by atoms with van der Waals surface area (Å²) in [5.74, 6) is 0.206. The van der Waals surface area contributed by atoms with Crippen molar-refractivity contribution in [1.29, 1.82) is 0 Å². The molecule has 0 spiro atoms. The van der Waals surface area contributed by atoms with Gasteiger partial charge in [0.2, 0.25) is 0 Å². The quantitative estimate of drug-likeness (QED) is 0.449. The number of rotatable bonds is 9. The highest BCUT2D eigenvalue weighted by molar-refractivity contribution is 5.81. The summed E-state index contributed by atoms with van der Waals surface area (Å²) >= 11 is 0. The fourth-order valence-electron chi connectivity index (χ4n) is 3.05. The average Bonchev–Trinajstić information content (AvgIpc) is 2.82. The first-order chi connectivity index (χ1) is 13.1. The van der Waals surface area contributed by atoms with E-state index in [0.717, 1.165) is 35.1 Å². The number of hydrogen-bond donors (Lipinski definition) is 0. The lowest BCUT2D eigenvalue weighted by molar-refractivity contribution is -0.139. The highest BCUT2D eigenvalue weighted by atomic mass is 16.7. The van der Waals surface area contributed by atoms with E-state index >= 15 is 0 Å². The predicted octanol–water partition coefficient (Wildman–Crippen LogP) is 5.17. The van der Waals surface area contributed by atoms with Crippen LogP contribution in [0.5, 0.6) is 5.75 Å². The van der Waals surface area contributed by atoms with Gasteiger partial charge >= 0.3 is 12.1 Å². The maximum Gasteiger partial charge on any atom is 0.513 e. The van der Waals surface area contributed by atoms with Crippen molar-refractivity contribution in [3.05, 3.63) is 41.5 Å². The maximum atomic E-state index is 11.8. The molecular weight excluding hydrogens is 344 g/mol. The highest BCUT2D eigenvalue weighted by Crippen LogP contribution is 2.39. The van der Waals surface area contributed by atoms with Crippen LogP contribution in [0.2, 0.25) is 0 Å². The zero-order chi connectivity index (χ0) is 19.6. The molecule has 0 saturated carbocycles. The molecule has 5 nitrogen and oxygen atoms in total. The summed E-state index contributed by atoms with van der Waals surface area (Å²) in [5.41, 5.74) is 3.85. The van der Waals surface area contributed by atoms with Crippen LogP contribution in [0.4, 0.5) is 4.79 Å². The van der Waals surface area contributed by atoms with E-state index in [2.05, 4.69) is 6.92 Å². The molecule has 0 aromatic rings. The molecule has 0 amide bonds. The lowest BCUT2D eigenvalue weighted by Gasteiger charge is -2.03. The lowest BCUT2D eigenvalue weighted by Crippen LogP contribution is -2.09. The highest BCUT2D eigenvalue weighted by Gasteiger charge is 2.19. The number of carbonyl (C=O) groups excluding carboxylic acids is 2. The summed E-state index contributed by atoms with van der Waals surface area (Å²) in [4.78, 5) is 23.3. The minimum Gasteiger partial charge on any atom is -0.469 e. The molecule has 0 bridgehead atoms. The normalized spacial score (nSPS) is 10.6. The van der Waals surface area contributed by atoms with Crippen LogP contribution in [0.25, 0.3) is 11.1 Å². The first kappa shape index (κ1) is 20.7. The van der Waals surface area contributed by atoms with Crippen molar-refractivity contribution in [2.75, 3.05) is 13.7 Å². The number of methoxy groups -OCH3 is 1. The second-order valence-electron chi connectivity index (χ2n) is 6.45. The zero-order valence-corrected chi connectivity index (χ0v) is 16.4. The van der Waals surface area contributed by atoms with E-state index in [0.29, 0.717) is 5.75 Å². The number of esters is 1. The first-order valence-corrected chi connectivity index (χ1v) is 9.55. The van der Waals surface area contributed by atoms with Crippen LogP contribution in [-0.4, -0.2) is 25.8 Å². The second-order valence-corrected chi connectivity index (χ2v) is 6.45. The molecule has 2 aliphatic rings. The van der Waals surface area contributed by atoms with E-state index in [1.54, 1.807) is 6.92 Å². The van der Waals surface area contributed by atoms with Crippen molar-refractivity contribution in [2.24, 2.45) is 0 Å². The molecule has 0 aromatic carbocycles. The molecule has 27 heavy (non-hydrogen) atoms. The molecule has 2 rings (SSSR count). The molecule has 0 atom stereocenters. The van der Waals surface area contributed by atoms with Gasteiger partial charge in [-0.3, -0.25) is 4.79 Å². The molecule has 0 unspecified atom stereocenters. The fraction of sp³-hybridized carbons (Fsp3) is 0.455. The molecule has 0 radical (unpaired) electrons. The minimum atomic E-state index is -0.705. The van der Waals surface area contributed by atoms with Gasteiger partial charge in [0, 0.05) is 5.56 Å². The van der Waals surface area contributed by atoms with E-state index in [1.807, 2.05) is 30.3 Å². The third-order valence-corrected chi connectivity index (χ3v) is 4.47. The van der Waals surface area contributed by atoms with Gasteiger partial charge in [-0.15, -0.1) is 0 Å². The van der Waals surface area contributed by atoms with Crippen LogP contribution < -0.4 is 4.74 Å². The van der Waals surface area contributed by atoms with Crippen molar-refractivity contribution in [1.82, 2.24) is 0 Å². The van der Waals surface area contributed by atoms with E-state index in [4.69, 9.17) is 14.2 Å². The van der Waals surface area contributed by atoms with Gasteiger partial charge in [0.15, 0.2) is 0 Å². The summed E-state index contributed by atoms with van der Waals surface area (Å²) in [6.45, 7) is 4.19. The Morgan fingerprint density at radius 3 is 2.37 bits per heavy atom. The van der Waals surface area contributed by atoms with Crippen molar-refractivity contribution in [3.63, 3.8) is 0 Å². The largest absolute Gasteiger partial charge is 0.513 e. The van der Waals surface area contributed by atoms with Gasteiger partial charge in [0.05, 0.1) is 20.1 Å². The molecule has 0 saturated heterocycles. The molecule has 2 aliphatic carbocycles. The van der Waals surface area contributed by atoms with Gasteiger partial charge in [-0.1, -0.05) is 50.5 Å². The van der Waals surface area contributed by atoms with Gasteiger partial charge in [0.25, 0.3) is 0 Å². The molecule has 0 heterocycles. The third-order valence-electron chi connectivity index (χ3n) is 4.47. The Morgan fingerprint density at radius 1 is 0.963 bits per heavy atom. The molecule has 0 aliphatic heterocycles. The van der Waals surface area contributed by atoms with Gasteiger partial charge in [-0.25, -0.2) is 4.79 Å². The van der Waals surface area contributed by atoms with Crippen LogP contribution >= 0.6 is 0 Å². The number of aryl methyl sites for hydroxylation is 1. The molecule has 0 aromatic heterocycles. The Hall–Kier alpha value is -2.56. The first-order valence-electron chi connectivity index (χ1n) is 9.55.